The standard InChI is InChI=1S/C14H17N3/c15-14(7-8-14)6-5-12-1-3-13(4-2-12)17-10-9-16-11-17/h1-4,9-11H,5-8,15H2. The Morgan fingerprint density at radius 3 is 2.59 bits per heavy atom. The molecule has 0 unspecified atom stereocenters. The van der Waals surface area contributed by atoms with Crippen molar-refractivity contribution in [2.75, 3.05) is 0 Å². The molecule has 0 bridgehead atoms. The van der Waals surface area contributed by atoms with Crippen LogP contribution in [0.1, 0.15) is 24.8 Å². The summed E-state index contributed by atoms with van der Waals surface area (Å²) in [6.45, 7) is 0. The second-order valence-corrected chi connectivity index (χ2v) is 5.00. The molecule has 0 aliphatic heterocycles. The van der Waals surface area contributed by atoms with Crippen LogP contribution in [0.2, 0.25) is 0 Å². The van der Waals surface area contributed by atoms with Crippen LogP contribution in [0.25, 0.3) is 5.69 Å². The van der Waals surface area contributed by atoms with Crippen molar-refractivity contribution in [2.45, 2.75) is 31.2 Å². The fraction of sp³-hybridized carbons (Fsp3) is 0.357. The zero-order valence-electron chi connectivity index (χ0n) is 9.84. The Morgan fingerprint density at radius 1 is 1.24 bits per heavy atom. The predicted octanol–water partition coefficient (Wildman–Crippen LogP) is 2.30. The lowest BCUT2D eigenvalue weighted by Crippen LogP contribution is -2.22. The molecule has 2 N–H and O–H groups in total. The number of nitrogens with two attached hydrogens (primary N) is 1. The van der Waals surface area contributed by atoms with Crippen LogP contribution >= 0.6 is 0 Å². The number of hydrogen-bond acceptors (Lipinski definition) is 2. The Bertz CT molecular complexity index is 481. The molecule has 0 atom stereocenters. The summed E-state index contributed by atoms with van der Waals surface area (Å²) in [5.74, 6) is 0. The summed E-state index contributed by atoms with van der Waals surface area (Å²) in [6, 6.07) is 8.63. The molecule has 1 heterocycles. The Morgan fingerprint density at radius 2 is 2.00 bits per heavy atom. The fourth-order valence-corrected chi connectivity index (χ4v) is 2.05. The van der Waals surface area contributed by atoms with Gasteiger partial charge >= 0.3 is 0 Å². The van der Waals surface area contributed by atoms with Gasteiger partial charge in [-0.3, -0.25) is 0 Å². The summed E-state index contributed by atoms with van der Waals surface area (Å²) in [4.78, 5) is 4.04. The summed E-state index contributed by atoms with van der Waals surface area (Å²) in [5, 5.41) is 0. The summed E-state index contributed by atoms with van der Waals surface area (Å²) in [6.07, 6.45) is 10.1. The molecule has 3 nitrogen and oxygen atoms in total. The second kappa shape index (κ2) is 4.00. The lowest BCUT2D eigenvalue weighted by molar-refractivity contribution is 0.609. The first-order valence-electron chi connectivity index (χ1n) is 6.11. The van der Waals surface area contributed by atoms with Crippen molar-refractivity contribution >= 4 is 0 Å². The molecule has 2 aromatic rings. The third kappa shape index (κ3) is 2.39. The second-order valence-electron chi connectivity index (χ2n) is 5.00. The summed E-state index contributed by atoms with van der Waals surface area (Å²) in [5.41, 5.74) is 8.76. The number of hydrogen-bond donors (Lipinski definition) is 1. The molecule has 0 radical (unpaired) electrons. The Hall–Kier alpha value is -1.61. The van der Waals surface area contributed by atoms with Gasteiger partial charge in [-0.25, -0.2) is 4.98 Å². The van der Waals surface area contributed by atoms with Crippen LogP contribution in [-0.4, -0.2) is 15.1 Å². The van der Waals surface area contributed by atoms with Crippen LogP contribution in [0.4, 0.5) is 0 Å². The molecule has 1 aliphatic rings. The third-order valence-electron chi connectivity index (χ3n) is 3.54. The summed E-state index contributed by atoms with van der Waals surface area (Å²) < 4.78 is 2.01. The quantitative estimate of drug-likeness (QED) is 0.871. The van der Waals surface area contributed by atoms with E-state index in [-0.39, 0.29) is 5.54 Å². The van der Waals surface area contributed by atoms with E-state index in [2.05, 4.69) is 29.2 Å². The van der Waals surface area contributed by atoms with Crippen molar-refractivity contribution in [3.8, 4) is 5.69 Å². The smallest absolute Gasteiger partial charge is 0.0991 e. The van der Waals surface area contributed by atoms with Crippen LogP contribution in [-0.2, 0) is 6.42 Å². The highest BCUT2D eigenvalue weighted by Gasteiger charge is 2.37. The van der Waals surface area contributed by atoms with Gasteiger partial charge in [-0.1, -0.05) is 12.1 Å². The average molecular weight is 227 g/mol. The molecule has 0 amide bonds. The Labute approximate surface area is 101 Å². The normalized spacial score (nSPS) is 17.0. The van der Waals surface area contributed by atoms with E-state index in [1.807, 2.05) is 17.1 Å². The van der Waals surface area contributed by atoms with Gasteiger partial charge in [-0.2, -0.15) is 0 Å². The van der Waals surface area contributed by atoms with Gasteiger partial charge in [0.1, 0.15) is 0 Å². The highest BCUT2D eigenvalue weighted by Crippen LogP contribution is 2.36. The van der Waals surface area contributed by atoms with Crippen LogP contribution in [0.3, 0.4) is 0 Å². The average Bonchev–Trinajstić information content (AvgIpc) is 2.89. The molecule has 0 spiro atoms. The molecule has 0 saturated heterocycles. The van der Waals surface area contributed by atoms with E-state index < -0.39 is 0 Å². The van der Waals surface area contributed by atoms with Gasteiger partial charge < -0.3 is 10.3 Å². The molecule has 88 valence electrons. The first-order chi connectivity index (χ1) is 8.25. The van der Waals surface area contributed by atoms with Crippen LogP contribution < -0.4 is 5.73 Å². The van der Waals surface area contributed by atoms with Crippen molar-refractivity contribution < 1.29 is 0 Å². The molecule has 1 aliphatic carbocycles. The van der Waals surface area contributed by atoms with Gasteiger partial charge in [0, 0.05) is 23.6 Å². The van der Waals surface area contributed by atoms with Crippen LogP contribution in [0, 0.1) is 0 Å². The highest BCUT2D eigenvalue weighted by molar-refractivity contribution is 5.34. The molecule has 1 aromatic carbocycles. The van der Waals surface area contributed by atoms with Gasteiger partial charge in [-0.15, -0.1) is 0 Å². The maximum atomic E-state index is 6.09. The first kappa shape index (κ1) is 10.5. The van der Waals surface area contributed by atoms with Gasteiger partial charge in [-0.05, 0) is 43.4 Å². The minimum absolute atomic E-state index is 0.156. The minimum atomic E-state index is 0.156. The SMILES string of the molecule is NC1(CCc2ccc(-n3ccnc3)cc2)CC1. The van der Waals surface area contributed by atoms with Gasteiger partial charge in [0.25, 0.3) is 0 Å². The number of aromatic nitrogens is 2. The maximum Gasteiger partial charge on any atom is 0.0991 e. The number of benzene rings is 1. The first-order valence-corrected chi connectivity index (χ1v) is 6.11. The molecule has 1 aromatic heterocycles. The Balaban J connectivity index is 1.67. The zero-order valence-corrected chi connectivity index (χ0v) is 9.84. The minimum Gasteiger partial charge on any atom is -0.325 e. The largest absolute Gasteiger partial charge is 0.325 e. The van der Waals surface area contributed by atoms with E-state index in [0.717, 1.165) is 18.5 Å². The number of rotatable bonds is 4. The number of aryl methyl sites for hydroxylation is 1. The monoisotopic (exact) mass is 227 g/mol. The maximum absolute atomic E-state index is 6.09. The lowest BCUT2D eigenvalue weighted by atomic mass is 10.0. The van der Waals surface area contributed by atoms with E-state index in [9.17, 15) is 0 Å². The predicted molar refractivity (Wildman–Crippen MR) is 68.0 cm³/mol. The topological polar surface area (TPSA) is 43.8 Å². The summed E-state index contributed by atoms with van der Waals surface area (Å²) >= 11 is 0. The van der Waals surface area contributed by atoms with Gasteiger partial charge in [0.15, 0.2) is 0 Å². The molecular formula is C14H17N3. The van der Waals surface area contributed by atoms with Crippen molar-refractivity contribution in [1.82, 2.24) is 9.55 Å². The van der Waals surface area contributed by atoms with E-state index in [0.29, 0.717) is 0 Å². The molecule has 3 heteroatoms. The molecule has 17 heavy (non-hydrogen) atoms. The van der Waals surface area contributed by atoms with Gasteiger partial charge in [0.05, 0.1) is 6.33 Å². The van der Waals surface area contributed by atoms with Crippen molar-refractivity contribution in [3.63, 3.8) is 0 Å². The molecule has 1 saturated carbocycles. The zero-order chi connectivity index (χ0) is 11.7. The van der Waals surface area contributed by atoms with Crippen LogP contribution in [0.15, 0.2) is 43.0 Å². The van der Waals surface area contributed by atoms with Crippen LogP contribution in [0.5, 0.6) is 0 Å². The van der Waals surface area contributed by atoms with Crippen molar-refractivity contribution in [3.05, 3.63) is 48.5 Å². The molecule has 1 fully saturated rings. The van der Waals surface area contributed by atoms with Crippen molar-refractivity contribution in [1.29, 1.82) is 0 Å². The Kier molecular flexibility index (Phi) is 2.48. The fourth-order valence-electron chi connectivity index (χ4n) is 2.05. The lowest BCUT2D eigenvalue weighted by Gasteiger charge is -2.08. The highest BCUT2D eigenvalue weighted by atomic mass is 15.0. The third-order valence-corrected chi connectivity index (χ3v) is 3.54. The molecule has 3 rings (SSSR count). The summed E-state index contributed by atoms with van der Waals surface area (Å²) in [7, 11) is 0. The molecular weight excluding hydrogens is 210 g/mol. The van der Waals surface area contributed by atoms with E-state index >= 15 is 0 Å². The number of imidazole rings is 1. The van der Waals surface area contributed by atoms with E-state index in [1.165, 1.54) is 18.4 Å². The number of nitrogens with zero attached hydrogens (tertiary/aromatic N) is 2. The van der Waals surface area contributed by atoms with E-state index in [1.54, 1.807) is 6.20 Å². The van der Waals surface area contributed by atoms with Crippen molar-refractivity contribution in [2.24, 2.45) is 5.73 Å². The van der Waals surface area contributed by atoms with E-state index in [4.69, 9.17) is 5.73 Å². The van der Waals surface area contributed by atoms with Gasteiger partial charge in [0.2, 0.25) is 0 Å².